The average molecular weight is 252 g/mol. The molecule has 0 spiro atoms. The van der Waals surface area contributed by atoms with Crippen LogP contribution in [0.15, 0.2) is 4.42 Å². The summed E-state index contributed by atoms with van der Waals surface area (Å²) in [7, 11) is 0. The molecule has 0 atom stereocenters. The first-order chi connectivity index (χ1) is 8.85. The molecule has 0 radical (unpaired) electrons. The molecule has 2 aliphatic rings. The lowest BCUT2D eigenvalue weighted by Gasteiger charge is -2.33. The van der Waals surface area contributed by atoms with Gasteiger partial charge in [-0.25, -0.2) is 0 Å². The van der Waals surface area contributed by atoms with Crippen LogP contribution in [-0.4, -0.2) is 64.4 Å². The van der Waals surface area contributed by atoms with E-state index in [0.29, 0.717) is 5.92 Å². The Morgan fingerprint density at radius 1 is 1.11 bits per heavy atom. The van der Waals surface area contributed by atoms with E-state index in [2.05, 4.69) is 20.0 Å². The van der Waals surface area contributed by atoms with Gasteiger partial charge in [0.2, 0.25) is 11.8 Å². The second-order valence-corrected chi connectivity index (χ2v) is 5.15. The van der Waals surface area contributed by atoms with Crippen LogP contribution >= 0.6 is 0 Å². The lowest BCUT2D eigenvalue weighted by Crippen LogP contribution is -2.46. The van der Waals surface area contributed by atoms with E-state index in [1.165, 1.54) is 12.8 Å². The SMILES string of the molecule is OCCN1CCN(Cc2nnc(C3CC3)o2)CC1. The smallest absolute Gasteiger partial charge is 0.230 e. The summed E-state index contributed by atoms with van der Waals surface area (Å²) in [6.07, 6.45) is 2.39. The third-order valence-corrected chi connectivity index (χ3v) is 3.65. The zero-order valence-electron chi connectivity index (χ0n) is 10.6. The fourth-order valence-electron chi connectivity index (χ4n) is 2.33. The zero-order chi connectivity index (χ0) is 12.4. The van der Waals surface area contributed by atoms with Gasteiger partial charge in [-0.3, -0.25) is 9.80 Å². The summed E-state index contributed by atoms with van der Waals surface area (Å²) in [5.74, 6) is 2.10. The largest absolute Gasteiger partial charge is 0.424 e. The van der Waals surface area contributed by atoms with E-state index in [1.54, 1.807) is 0 Å². The molecule has 2 heterocycles. The van der Waals surface area contributed by atoms with Gasteiger partial charge < -0.3 is 9.52 Å². The van der Waals surface area contributed by atoms with Gasteiger partial charge in [-0.1, -0.05) is 0 Å². The highest BCUT2D eigenvalue weighted by Gasteiger charge is 2.29. The van der Waals surface area contributed by atoms with Crippen LogP contribution in [0.2, 0.25) is 0 Å². The fourth-order valence-corrected chi connectivity index (χ4v) is 2.33. The van der Waals surface area contributed by atoms with Gasteiger partial charge in [-0.15, -0.1) is 10.2 Å². The Balaban J connectivity index is 1.47. The Morgan fingerprint density at radius 2 is 1.83 bits per heavy atom. The van der Waals surface area contributed by atoms with Crippen LogP contribution in [-0.2, 0) is 6.54 Å². The van der Waals surface area contributed by atoms with Gasteiger partial charge >= 0.3 is 0 Å². The molecule has 1 saturated heterocycles. The van der Waals surface area contributed by atoms with Crippen molar-refractivity contribution >= 4 is 0 Å². The molecule has 1 aromatic heterocycles. The standard InChI is InChI=1S/C12H20N4O2/c17-8-7-15-3-5-16(6-4-15)9-11-13-14-12(18-11)10-1-2-10/h10,17H,1-9H2. The third kappa shape index (κ3) is 2.88. The summed E-state index contributed by atoms with van der Waals surface area (Å²) in [6, 6.07) is 0. The van der Waals surface area contributed by atoms with Crippen molar-refractivity contribution in [2.45, 2.75) is 25.3 Å². The van der Waals surface area contributed by atoms with Crippen molar-refractivity contribution in [3.8, 4) is 0 Å². The van der Waals surface area contributed by atoms with Crippen molar-refractivity contribution in [2.75, 3.05) is 39.3 Å². The molecular formula is C12H20N4O2. The van der Waals surface area contributed by atoms with Crippen molar-refractivity contribution in [1.29, 1.82) is 0 Å². The maximum Gasteiger partial charge on any atom is 0.230 e. The molecule has 0 bridgehead atoms. The predicted octanol–water partition coefficient (Wildman–Crippen LogP) is 0.0569. The van der Waals surface area contributed by atoms with E-state index >= 15 is 0 Å². The molecule has 6 nitrogen and oxygen atoms in total. The molecule has 1 N–H and O–H groups in total. The van der Waals surface area contributed by atoms with Gasteiger partial charge in [-0.2, -0.15) is 0 Å². The highest BCUT2D eigenvalue weighted by Crippen LogP contribution is 2.39. The normalized spacial score (nSPS) is 22.5. The lowest BCUT2D eigenvalue weighted by atomic mass is 10.3. The molecule has 1 aromatic rings. The number of aliphatic hydroxyl groups is 1. The Bertz CT molecular complexity index is 383. The Morgan fingerprint density at radius 3 is 2.50 bits per heavy atom. The first kappa shape index (κ1) is 12.1. The fraction of sp³-hybridized carbons (Fsp3) is 0.833. The second kappa shape index (κ2) is 5.34. The van der Waals surface area contributed by atoms with Crippen LogP contribution in [0.5, 0.6) is 0 Å². The molecular weight excluding hydrogens is 232 g/mol. The third-order valence-electron chi connectivity index (χ3n) is 3.65. The van der Waals surface area contributed by atoms with Crippen LogP contribution < -0.4 is 0 Å². The number of aliphatic hydroxyl groups excluding tert-OH is 1. The first-order valence-electron chi connectivity index (χ1n) is 6.73. The predicted molar refractivity (Wildman–Crippen MR) is 65.1 cm³/mol. The van der Waals surface area contributed by atoms with Gasteiger partial charge in [0.05, 0.1) is 13.2 Å². The molecule has 2 fully saturated rings. The molecule has 1 aliphatic heterocycles. The van der Waals surface area contributed by atoms with Crippen molar-refractivity contribution < 1.29 is 9.52 Å². The number of rotatable bonds is 5. The number of nitrogens with zero attached hydrogens (tertiary/aromatic N) is 4. The number of hydrogen-bond donors (Lipinski definition) is 1. The average Bonchev–Trinajstić information content (AvgIpc) is 3.13. The Labute approximate surface area is 107 Å². The summed E-state index contributed by atoms with van der Waals surface area (Å²) in [4.78, 5) is 4.61. The molecule has 1 saturated carbocycles. The van der Waals surface area contributed by atoms with E-state index in [-0.39, 0.29) is 6.61 Å². The lowest BCUT2D eigenvalue weighted by molar-refractivity contribution is 0.102. The first-order valence-corrected chi connectivity index (χ1v) is 6.73. The van der Waals surface area contributed by atoms with Gasteiger partial charge in [0.15, 0.2) is 0 Å². The van der Waals surface area contributed by atoms with Crippen molar-refractivity contribution in [3.63, 3.8) is 0 Å². The zero-order valence-corrected chi connectivity index (χ0v) is 10.6. The molecule has 1 aliphatic carbocycles. The summed E-state index contributed by atoms with van der Waals surface area (Å²) < 4.78 is 5.67. The number of β-amino-alcohol motifs (C(OH)–C–C–N with tert-alkyl or cyclic N) is 1. The van der Waals surface area contributed by atoms with Crippen LogP contribution in [0.4, 0.5) is 0 Å². The second-order valence-electron chi connectivity index (χ2n) is 5.15. The number of hydrogen-bond acceptors (Lipinski definition) is 6. The van der Waals surface area contributed by atoms with Crippen molar-refractivity contribution in [2.24, 2.45) is 0 Å². The molecule has 3 rings (SSSR count). The molecule has 0 aromatic carbocycles. The van der Waals surface area contributed by atoms with Gasteiger partial charge in [0.1, 0.15) is 0 Å². The van der Waals surface area contributed by atoms with Gasteiger partial charge in [0.25, 0.3) is 0 Å². The minimum atomic E-state index is 0.244. The molecule has 6 heteroatoms. The van der Waals surface area contributed by atoms with Gasteiger partial charge in [-0.05, 0) is 12.8 Å². The topological polar surface area (TPSA) is 65.6 Å². The van der Waals surface area contributed by atoms with Crippen LogP contribution in [0, 0.1) is 0 Å². The van der Waals surface area contributed by atoms with E-state index < -0.39 is 0 Å². The summed E-state index contributed by atoms with van der Waals surface area (Å²) >= 11 is 0. The highest BCUT2D eigenvalue weighted by atomic mass is 16.4. The summed E-state index contributed by atoms with van der Waals surface area (Å²) in [5, 5.41) is 17.1. The van der Waals surface area contributed by atoms with Crippen molar-refractivity contribution in [3.05, 3.63) is 11.8 Å². The minimum absolute atomic E-state index is 0.244. The maximum absolute atomic E-state index is 8.89. The highest BCUT2D eigenvalue weighted by molar-refractivity contribution is 5.00. The number of piperazine rings is 1. The van der Waals surface area contributed by atoms with Crippen LogP contribution in [0.25, 0.3) is 0 Å². The Kier molecular flexibility index (Phi) is 3.58. The van der Waals surface area contributed by atoms with Crippen LogP contribution in [0.3, 0.4) is 0 Å². The molecule has 100 valence electrons. The minimum Gasteiger partial charge on any atom is -0.424 e. The monoisotopic (exact) mass is 252 g/mol. The quantitative estimate of drug-likeness (QED) is 0.799. The van der Waals surface area contributed by atoms with E-state index in [0.717, 1.165) is 51.0 Å². The van der Waals surface area contributed by atoms with E-state index in [9.17, 15) is 0 Å². The summed E-state index contributed by atoms with van der Waals surface area (Å²) in [5.41, 5.74) is 0. The molecule has 0 amide bonds. The van der Waals surface area contributed by atoms with Crippen LogP contribution in [0.1, 0.15) is 30.5 Å². The van der Waals surface area contributed by atoms with Crippen molar-refractivity contribution in [1.82, 2.24) is 20.0 Å². The maximum atomic E-state index is 8.89. The summed E-state index contributed by atoms with van der Waals surface area (Å²) in [6.45, 7) is 5.79. The number of aromatic nitrogens is 2. The molecule has 0 unspecified atom stereocenters. The van der Waals surface area contributed by atoms with E-state index in [4.69, 9.17) is 9.52 Å². The van der Waals surface area contributed by atoms with E-state index in [1.807, 2.05) is 0 Å². The Hall–Kier alpha value is -0.980. The van der Waals surface area contributed by atoms with Gasteiger partial charge in [0, 0.05) is 38.6 Å². The molecule has 18 heavy (non-hydrogen) atoms.